The number of halogens is 1. The van der Waals surface area contributed by atoms with Crippen molar-refractivity contribution in [1.82, 2.24) is 9.38 Å². The number of nitrogens with zero attached hydrogens (tertiary/aromatic N) is 2. The first-order valence-corrected chi connectivity index (χ1v) is 10.7. The number of fused-ring (bicyclic) bond motifs is 1. The molecule has 2 aromatic carbocycles. The summed E-state index contributed by atoms with van der Waals surface area (Å²) in [6.07, 6.45) is 1.67. The Morgan fingerprint density at radius 1 is 1.16 bits per heavy atom. The Balaban J connectivity index is 1.51. The van der Waals surface area contributed by atoms with Crippen LogP contribution in [0.1, 0.15) is 23.0 Å². The summed E-state index contributed by atoms with van der Waals surface area (Å²) in [5.41, 5.74) is 1.20. The van der Waals surface area contributed by atoms with Gasteiger partial charge in [-0.25, -0.2) is 4.98 Å². The van der Waals surface area contributed by atoms with Crippen LogP contribution >= 0.6 is 22.9 Å². The lowest BCUT2D eigenvalue weighted by atomic mass is 10.2. The second-order valence-corrected chi connectivity index (χ2v) is 7.79. The Morgan fingerprint density at radius 3 is 2.74 bits per heavy atom. The lowest BCUT2D eigenvalue weighted by Crippen LogP contribution is -2.15. The Labute approximate surface area is 186 Å². The predicted molar refractivity (Wildman–Crippen MR) is 121 cm³/mol. The molecule has 0 aliphatic rings. The van der Waals surface area contributed by atoms with Crippen molar-refractivity contribution in [2.75, 3.05) is 11.9 Å². The third kappa shape index (κ3) is 4.87. The molecule has 0 spiro atoms. The van der Waals surface area contributed by atoms with Crippen LogP contribution in [0.5, 0.6) is 11.5 Å². The monoisotopic (exact) mass is 455 g/mol. The summed E-state index contributed by atoms with van der Waals surface area (Å²) in [7, 11) is 0. The lowest BCUT2D eigenvalue weighted by Gasteiger charge is -2.13. The quantitative estimate of drug-likeness (QED) is 0.439. The van der Waals surface area contributed by atoms with Gasteiger partial charge in [0, 0.05) is 28.2 Å². The maximum Gasteiger partial charge on any atom is 0.258 e. The maximum atomic E-state index is 12.7. The second kappa shape index (κ2) is 9.20. The molecule has 4 aromatic rings. The van der Waals surface area contributed by atoms with Crippen LogP contribution in [0.3, 0.4) is 0 Å². The Bertz CT molecular complexity index is 1280. The molecule has 0 radical (unpaired) electrons. The van der Waals surface area contributed by atoms with Crippen molar-refractivity contribution in [3.05, 3.63) is 86.7 Å². The van der Waals surface area contributed by atoms with E-state index in [0.29, 0.717) is 45.0 Å². The van der Waals surface area contributed by atoms with Crippen molar-refractivity contribution in [1.29, 1.82) is 0 Å². The van der Waals surface area contributed by atoms with E-state index in [1.165, 1.54) is 21.8 Å². The third-order valence-corrected chi connectivity index (χ3v) is 5.34. The van der Waals surface area contributed by atoms with Crippen LogP contribution in [-0.2, 0) is 6.61 Å². The maximum absolute atomic E-state index is 12.7. The number of anilines is 1. The number of carbonyl (C=O) groups is 1. The summed E-state index contributed by atoms with van der Waals surface area (Å²) in [6, 6.07) is 13.2. The van der Waals surface area contributed by atoms with Gasteiger partial charge in [-0.05, 0) is 49.4 Å². The van der Waals surface area contributed by atoms with Gasteiger partial charge in [0.1, 0.15) is 18.1 Å². The van der Waals surface area contributed by atoms with Crippen LogP contribution in [0.4, 0.5) is 5.69 Å². The summed E-state index contributed by atoms with van der Waals surface area (Å²) in [5.74, 6) is 0.792. The Hall–Kier alpha value is -3.36. The molecule has 0 saturated heterocycles. The van der Waals surface area contributed by atoms with E-state index < -0.39 is 0 Å². The highest BCUT2D eigenvalue weighted by molar-refractivity contribution is 7.15. The molecule has 0 saturated carbocycles. The number of amides is 1. The van der Waals surface area contributed by atoms with E-state index in [2.05, 4.69) is 10.3 Å². The van der Waals surface area contributed by atoms with Crippen LogP contribution in [-0.4, -0.2) is 21.9 Å². The van der Waals surface area contributed by atoms with Crippen LogP contribution < -0.4 is 20.3 Å². The molecule has 0 aliphatic carbocycles. The number of benzene rings is 2. The standard InChI is InChI=1S/C22H18ClN3O4S/c1-2-29-17-6-3-14(4-7-17)21(28)25-18-11-15(23)5-8-19(18)30-13-16-12-20(27)26-9-10-31-22(26)24-16/h3-12H,2,13H2,1H3,(H,25,28). The molecule has 9 heteroatoms. The number of thiazole rings is 1. The molecule has 0 atom stereocenters. The second-order valence-electron chi connectivity index (χ2n) is 6.48. The van der Waals surface area contributed by atoms with Gasteiger partial charge in [-0.3, -0.25) is 14.0 Å². The van der Waals surface area contributed by atoms with Crippen LogP contribution in [0.25, 0.3) is 4.96 Å². The molecular weight excluding hydrogens is 438 g/mol. The van der Waals surface area contributed by atoms with Gasteiger partial charge in [0.05, 0.1) is 18.0 Å². The minimum Gasteiger partial charge on any atom is -0.494 e. The molecular formula is C22H18ClN3O4S. The molecule has 0 bridgehead atoms. The summed E-state index contributed by atoms with van der Waals surface area (Å²) in [4.78, 5) is 29.8. The van der Waals surface area contributed by atoms with Crippen molar-refractivity contribution in [3.8, 4) is 11.5 Å². The Morgan fingerprint density at radius 2 is 1.97 bits per heavy atom. The average molecular weight is 456 g/mol. The van der Waals surface area contributed by atoms with Gasteiger partial charge >= 0.3 is 0 Å². The zero-order chi connectivity index (χ0) is 21.8. The van der Waals surface area contributed by atoms with Gasteiger partial charge in [-0.1, -0.05) is 11.6 Å². The first kappa shape index (κ1) is 20.9. The SMILES string of the molecule is CCOc1ccc(C(=O)Nc2cc(Cl)ccc2OCc2cc(=O)n3ccsc3n2)cc1. The van der Waals surface area contributed by atoms with Gasteiger partial charge in [-0.15, -0.1) is 11.3 Å². The molecule has 2 aromatic heterocycles. The fourth-order valence-electron chi connectivity index (χ4n) is 2.90. The van der Waals surface area contributed by atoms with E-state index in [0.717, 1.165) is 0 Å². The number of hydrogen-bond acceptors (Lipinski definition) is 6. The molecule has 31 heavy (non-hydrogen) atoms. The lowest BCUT2D eigenvalue weighted by molar-refractivity contribution is 0.102. The largest absolute Gasteiger partial charge is 0.494 e. The van der Waals surface area contributed by atoms with Crippen molar-refractivity contribution in [2.45, 2.75) is 13.5 Å². The molecule has 158 valence electrons. The van der Waals surface area contributed by atoms with Crippen molar-refractivity contribution in [3.63, 3.8) is 0 Å². The molecule has 0 unspecified atom stereocenters. The molecule has 7 nitrogen and oxygen atoms in total. The average Bonchev–Trinajstić information content (AvgIpc) is 3.23. The zero-order valence-corrected chi connectivity index (χ0v) is 18.1. The molecule has 2 heterocycles. The molecule has 1 N–H and O–H groups in total. The Kier molecular flexibility index (Phi) is 6.20. The van der Waals surface area contributed by atoms with Gasteiger partial charge in [-0.2, -0.15) is 0 Å². The van der Waals surface area contributed by atoms with Crippen molar-refractivity contribution in [2.24, 2.45) is 0 Å². The van der Waals surface area contributed by atoms with Gasteiger partial charge in [0.25, 0.3) is 11.5 Å². The van der Waals surface area contributed by atoms with Crippen LogP contribution in [0.2, 0.25) is 5.02 Å². The van der Waals surface area contributed by atoms with Crippen LogP contribution in [0, 0.1) is 0 Å². The van der Waals surface area contributed by atoms with E-state index in [1.54, 1.807) is 54.0 Å². The minimum atomic E-state index is -0.313. The van der Waals surface area contributed by atoms with Gasteiger partial charge in [0.2, 0.25) is 0 Å². The summed E-state index contributed by atoms with van der Waals surface area (Å²) in [5, 5.41) is 5.06. The highest BCUT2D eigenvalue weighted by Crippen LogP contribution is 2.29. The molecule has 0 aliphatic heterocycles. The summed E-state index contributed by atoms with van der Waals surface area (Å²) >= 11 is 7.48. The highest BCUT2D eigenvalue weighted by Gasteiger charge is 2.12. The number of aromatic nitrogens is 2. The van der Waals surface area contributed by atoms with Crippen LogP contribution in [0.15, 0.2) is 64.9 Å². The summed E-state index contributed by atoms with van der Waals surface area (Å²) in [6.45, 7) is 2.51. The van der Waals surface area contributed by atoms with Gasteiger partial charge < -0.3 is 14.8 Å². The van der Waals surface area contributed by atoms with E-state index in [4.69, 9.17) is 21.1 Å². The molecule has 4 rings (SSSR count). The zero-order valence-electron chi connectivity index (χ0n) is 16.5. The number of rotatable bonds is 7. The predicted octanol–water partition coefficient (Wildman–Crippen LogP) is 4.64. The van der Waals surface area contributed by atoms with Crippen molar-refractivity contribution >= 4 is 39.5 Å². The number of carbonyl (C=O) groups excluding carboxylic acids is 1. The summed E-state index contributed by atoms with van der Waals surface area (Å²) < 4.78 is 12.7. The third-order valence-electron chi connectivity index (χ3n) is 4.35. The minimum absolute atomic E-state index is 0.0667. The fourth-order valence-corrected chi connectivity index (χ4v) is 3.81. The smallest absolute Gasteiger partial charge is 0.258 e. The first-order chi connectivity index (χ1) is 15.0. The van der Waals surface area contributed by atoms with Crippen molar-refractivity contribution < 1.29 is 14.3 Å². The first-order valence-electron chi connectivity index (χ1n) is 9.46. The molecule has 1 amide bonds. The van der Waals surface area contributed by atoms with E-state index in [-0.39, 0.29) is 18.1 Å². The topological polar surface area (TPSA) is 81.9 Å². The van der Waals surface area contributed by atoms with Gasteiger partial charge in [0.15, 0.2) is 4.96 Å². The number of hydrogen-bond donors (Lipinski definition) is 1. The fraction of sp³-hybridized carbons (Fsp3) is 0.136. The normalized spacial score (nSPS) is 10.8. The highest BCUT2D eigenvalue weighted by atomic mass is 35.5. The molecule has 0 fully saturated rings. The van der Waals surface area contributed by atoms with E-state index in [1.807, 2.05) is 6.92 Å². The number of nitrogens with one attached hydrogen (secondary N) is 1. The number of ether oxygens (including phenoxy) is 2. The van der Waals surface area contributed by atoms with E-state index in [9.17, 15) is 9.59 Å². The van der Waals surface area contributed by atoms with E-state index >= 15 is 0 Å².